The Morgan fingerprint density at radius 2 is 1.68 bits per heavy atom. The molecule has 122 valence electrons. The van der Waals surface area contributed by atoms with E-state index in [1.807, 2.05) is 0 Å². The Bertz CT molecular complexity index is 438. The van der Waals surface area contributed by atoms with Gasteiger partial charge in [0.1, 0.15) is 0 Å². The summed E-state index contributed by atoms with van der Waals surface area (Å²) in [4.78, 5) is 0. The van der Waals surface area contributed by atoms with Crippen LogP contribution in [-0.2, 0) is 6.42 Å². The van der Waals surface area contributed by atoms with Crippen molar-refractivity contribution in [1.82, 2.24) is 0 Å². The first-order valence-electron chi connectivity index (χ1n) is 9.61. The summed E-state index contributed by atoms with van der Waals surface area (Å²) in [5.74, 6) is 0.949. The minimum Gasteiger partial charge on any atom is -0.0804 e. The summed E-state index contributed by atoms with van der Waals surface area (Å²) in [5.41, 5.74) is 4.55. The van der Waals surface area contributed by atoms with Crippen LogP contribution in [0.2, 0.25) is 0 Å². The van der Waals surface area contributed by atoms with E-state index in [2.05, 4.69) is 44.2 Å². The average Bonchev–Trinajstić information content (AvgIpc) is 2.58. The van der Waals surface area contributed by atoms with Crippen LogP contribution in [0.25, 0.3) is 5.57 Å². The monoisotopic (exact) mass is 298 g/mol. The van der Waals surface area contributed by atoms with E-state index in [1.54, 1.807) is 5.57 Å². The molecule has 1 aromatic rings. The molecule has 2 rings (SSSR count). The third-order valence-electron chi connectivity index (χ3n) is 5.13. The number of rotatable bonds is 9. The molecule has 1 aliphatic rings. The third-order valence-corrected chi connectivity index (χ3v) is 5.13. The lowest BCUT2D eigenvalue weighted by Gasteiger charge is -2.22. The molecule has 0 saturated carbocycles. The lowest BCUT2D eigenvalue weighted by molar-refractivity contribution is 0.425. The van der Waals surface area contributed by atoms with Crippen molar-refractivity contribution < 1.29 is 0 Å². The molecule has 0 nitrogen and oxygen atoms in total. The van der Waals surface area contributed by atoms with Crippen LogP contribution in [0, 0.1) is 5.92 Å². The summed E-state index contributed by atoms with van der Waals surface area (Å²) in [7, 11) is 0. The molecule has 1 aromatic carbocycles. The highest BCUT2D eigenvalue weighted by molar-refractivity contribution is 5.66. The van der Waals surface area contributed by atoms with Crippen molar-refractivity contribution in [2.24, 2.45) is 5.92 Å². The molecule has 0 amide bonds. The maximum absolute atomic E-state index is 2.52. The van der Waals surface area contributed by atoms with E-state index in [0.717, 1.165) is 5.92 Å². The van der Waals surface area contributed by atoms with Crippen molar-refractivity contribution in [3.8, 4) is 0 Å². The van der Waals surface area contributed by atoms with Crippen molar-refractivity contribution >= 4 is 5.57 Å². The van der Waals surface area contributed by atoms with Gasteiger partial charge in [0.2, 0.25) is 0 Å². The van der Waals surface area contributed by atoms with E-state index in [0.29, 0.717) is 0 Å². The van der Waals surface area contributed by atoms with Gasteiger partial charge in [0, 0.05) is 0 Å². The maximum Gasteiger partial charge on any atom is -0.0228 e. The predicted octanol–water partition coefficient (Wildman–Crippen LogP) is 7.18. The van der Waals surface area contributed by atoms with Crippen molar-refractivity contribution in [1.29, 1.82) is 0 Å². The first kappa shape index (κ1) is 17.3. The van der Waals surface area contributed by atoms with Gasteiger partial charge in [-0.3, -0.25) is 0 Å². The fourth-order valence-electron chi connectivity index (χ4n) is 3.54. The van der Waals surface area contributed by atoms with Gasteiger partial charge in [-0.05, 0) is 54.7 Å². The molecular formula is C22H34. The van der Waals surface area contributed by atoms with Gasteiger partial charge in [-0.2, -0.15) is 0 Å². The molecule has 1 unspecified atom stereocenters. The lowest BCUT2D eigenvalue weighted by atomic mass is 9.83. The van der Waals surface area contributed by atoms with Gasteiger partial charge in [-0.25, -0.2) is 0 Å². The lowest BCUT2D eigenvalue weighted by Crippen LogP contribution is -2.05. The van der Waals surface area contributed by atoms with Gasteiger partial charge >= 0.3 is 0 Å². The van der Waals surface area contributed by atoms with E-state index in [4.69, 9.17) is 0 Å². The van der Waals surface area contributed by atoms with Gasteiger partial charge < -0.3 is 0 Å². The quantitative estimate of drug-likeness (QED) is 0.423. The molecule has 1 atom stereocenters. The summed E-state index contributed by atoms with van der Waals surface area (Å²) < 4.78 is 0. The number of hydrogen-bond acceptors (Lipinski definition) is 0. The molecular weight excluding hydrogens is 264 g/mol. The Balaban J connectivity index is 1.80. The van der Waals surface area contributed by atoms with E-state index >= 15 is 0 Å². The Hall–Kier alpha value is -1.04. The molecule has 0 radical (unpaired) electrons. The summed E-state index contributed by atoms with van der Waals surface area (Å²) >= 11 is 0. The van der Waals surface area contributed by atoms with E-state index in [-0.39, 0.29) is 0 Å². The van der Waals surface area contributed by atoms with E-state index in [1.165, 1.54) is 81.8 Å². The van der Waals surface area contributed by atoms with Crippen LogP contribution in [0.1, 0.15) is 89.2 Å². The highest BCUT2D eigenvalue weighted by Gasteiger charge is 2.15. The molecule has 0 saturated heterocycles. The molecule has 0 heteroatoms. The summed E-state index contributed by atoms with van der Waals surface area (Å²) in [6.07, 6.45) is 17.4. The minimum absolute atomic E-state index is 0.949. The number of hydrogen-bond donors (Lipinski definition) is 0. The second kappa shape index (κ2) is 9.87. The Labute approximate surface area is 138 Å². The highest BCUT2D eigenvalue weighted by atomic mass is 14.2. The minimum atomic E-state index is 0.949. The fraction of sp³-hybridized carbons (Fsp3) is 0.636. The van der Waals surface area contributed by atoms with Crippen LogP contribution < -0.4 is 0 Å². The average molecular weight is 299 g/mol. The second-order valence-electron chi connectivity index (χ2n) is 7.02. The summed E-state index contributed by atoms with van der Waals surface area (Å²) in [6.45, 7) is 4.56. The highest BCUT2D eigenvalue weighted by Crippen LogP contribution is 2.33. The van der Waals surface area contributed by atoms with Gasteiger partial charge in [0.05, 0.1) is 0 Å². The summed E-state index contributed by atoms with van der Waals surface area (Å²) in [6, 6.07) is 9.36. The molecule has 0 spiro atoms. The predicted molar refractivity (Wildman–Crippen MR) is 99.1 cm³/mol. The normalized spacial score (nSPS) is 18.3. The van der Waals surface area contributed by atoms with E-state index < -0.39 is 0 Å². The SMILES string of the molecule is CCCCCCC1CC=C(c2ccc(CCCC)cc2)CC1. The zero-order valence-electron chi connectivity index (χ0n) is 14.7. The van der Waals surface area contributed by atoms with E-state index in [9.17, 15) is 0 Å². The van der Waals surface area contributed by atoms with Crippen LogP contribution in [0.15, 0.2) is 30.3 Å². The van der Waals surface area contributed by atoms with Crippen LogP contribution in [0.3, 0.4) is 0 Å². The van der Waals surface area contributed by atoms with Crippen LogP contribution in [0.4, 0.5) is 0 Å². The molecule has 0 bridgehead atoms. The van der Waals surface area contributed by atoms with Crippen LogP contribution in [0.5, 0.6) is 0 Å². The largest absolute Gasteiger partial charge is 0.0804 e. The standard InChI is InChI=1S/C22H34/c1-3-5-7-8-10-20-13-17-22(18-14-20)21-15-11-19(12-16-21)9-6-4-2/h11-12,15-17,20H,3-10,13-14,18H2,1-2H3. The van der Waals surface area contributed by atoms with Crippen LogP contribution in [-0.4, -0.2) is 0 Å². The molecule has 22 heavy (non-hydrogen) atoms. The second-order valence-corrected chi connectivity index (χ2v) is 7.02. The number of benzene rings is 1. The van der Waals surface area contributed by atoms with Gasteiger partial charge in [0.25, 0.3) is 0 Å². The molecule has 0 fully saturated rings. The first-order chi connectivity index (χ1) is 10.8. The van der Waals surface area contributed by atoms with Crippen molar-refractivity contribution in [3.63, 3.8) is 0 Å². The Kier molecular flexibility index (Phi) is 7.77. The third kappa shape index (κ3) is 5.63. The summed E-state index contributed by atoms with van der Waals surface area (Å²) in [5, 5.41) is 0. The zero-order chi connectivity index (χ0) is 15.6. The molecule has 0 heterocycles. The zero-order valence-corrected chi connectivity index (χ0v) is 14.7. The Morgan fingerprint density at radius 1 is 0.909 bits per heavy atom. The van der Waals surface area contributed by atoms with Crippen LogP contribution >= 0.6 is 0 Å². The fourth-order valence-corrected chi connectivity index (χ4v) is 3.54. The van der Waals surface area contributed by atoms with Gasteiger partial charge in [-0.1, -0.05) is 82.7 Å². The van der Waals surface area contributed by atoms with Gasteiger partial charge in [-0.15, -0.1) is 0 Å². The van der Waals surface area contributed by atoms with Crippen molar-refractivity contribution in [2.45, 2.75) is 84.5 Å². The number of allylic oxidation sites excluding steroid dienone is 2. The number of unbranched alkanes of at least 4 members (excludes halogenated alkanes) is 4. The van der Waals surface area contributed by atoms with Crippen molar-refractivity contribution in [3.05, 3.63) is 41.5 Å². The smallest absolute Gasteiger partial charge is 0.0228 e. The maximum atomic E-state index is 2.52. The Morgan fingerprint density at radius 3 is 2.32 bits per heavy atom. The van der Waals surface area contributed by atoms with Gasteiger partial charge in [0.15, 0.2) is 0 Å². The molecule has 1 aliphatic carbocycles. The molecule has 0 N–H and O–H groups in total. The topological polar surface area (TPSA) is 0 Å². The first-order valence-corrected chi connectivity index (χ1v) is 9.61. The number of aryl methyl sites for hydroxylation is 1. The molecule has 0 aliphatic heterocycles. The molecule has 0 aromatic heterocycles. The van der Waals surface area contributed by atoms with Crippen molar-refractivity contribution in [2.75, 3.05) is 0 Å².